The largest absolute Gasteiger partial charge is 0.298 e. The van der Waals surface area contributed by atoms with Crippen molar-refractivity contribution in [3.8, 4) is 0 Å². The summed E-state index contributed by atoms with van der Waals surface area (Å²) >= 11 is 5.84. The third-order valence-electron chi connectivity index (χ3n) is 2.90. The molecule has 0 heterocycles. The van der Waals surface area contributed by atoms with Crippen LogP contribution in [0.2, 0.25) is 5.02 Å². The summed E-state index contributed by atoms with van der Waals surface area (Å²) in [4.78, 5) is 12.0. The first-order chi connectivity index (χ1) is 9.63. The van der Waals surface area contributed by atoms with E-state index >= 15 is 0 Å². The molecule has 1 amide bonds. The van der Waals surface area contributed by atoms with E-state index in [9.17, 15) is 9.18 Å². The Kier molecular flexibility index (Phi) is 4.58. The Balaban J connectivity index is 2.13. The molecular weight excluding hydrogens is 279 g/mol. The summed E-state index contributed by atoms with van der Waals surface area (Å²) in [5.74, 6) is -1.26. The minimum atomic E-state index is -0.652. The molecule has 0 spiro atoms. The monoisotopic (exact) mass is 292 g/mol. The van der Waals surface area contributed by atoms with E-state index in [2.05, 4.69) is 10.9 Å². The molecule has 0 unspecified atom stereocenters. The predicted molar refractivity (Wildman–Crippen MR) is 78.3 cm³/mol. The number of amides is 1. The maximum absolute atomic E-state index is 13.6. The molecule has 0 saturated carbocycles. The summed E-state index contributed by atoms with van der Waals surface area (Å²) in [5.41, 5.74) is 6.90. The highest BCUT2D eigenvalue weighted by atomic mass is 35.5. The second-order valence-corrected chi connectivity index (χ2v) is 4.59. The van der Waals surface area contributed by atoms with Gasteiger partial charge >= 0.3 is 0 Å². The van der Waals surface area contributed by atoms with Gasteiger partial charge in [-0.15, -0.1) is 0 Å². The van der Waals surface area contributed by atoms with Gasteiger partial charge in [-0.2, -0.15) is 0 Å². The van der Waals surface area contributed by atoms with Crippen LogP contribution < -0.4 is 10.9 Å². The van der Waals surface area contributed by atoms with Gasteiger partial charge in [-0.25, -0.2) is 4.39 Å². The first-order valence-corrected chi connectivity index (χ1v) is 6.59. The molecule has 2 rings (SSSR count). The van der Waals surface area contributed by atoms with E-state index in [0.29, 0.717) is 0 Å². The van der Waals surface area contributed by atoms with Gasteiger partial charge in [-0.05, 0) is 30.2 Å². The number of carbonyl (C=O) groups excluding carboxylic acids is 1. The topological polar surface area (TPSA) is 41.1 Å². The molecule has 3 nitrogen and oxygen atoms in total. The molecule has 104 valence electrons. The molecule has 20 heavy (non-hydrogen) atoms. The van der Waals surface area contributed by atoms with E-state index < -0.39 is 11.7 Å². The van der Waals surface area contributed by atoms with Crippen molar-refractivity contribution < 1.29 is 9.18 Å². The van der Waals surface area contributed by atoms with Crippen molar-refractivity contribution in [2.75, 3.05) is 5.43 Å². The summed E-state index contributed by atoms with van der Waals surface area (Å²) in [6.45, 7) is 2.01. The van der Waals surface area contributed by atoms with Crippen LogP contribution in [0.3, 0.4) is 0 Å². The van der Waals surface area contributed by atoms with Crippen molar-refractivity contribution in [2.45, 2.75) is 13.3 Å². The van der Waals surface area contributed by atoms with Crippen molar-refractivity contribution in [3.63, 3.8) is 0 Å². The number of nitrogens with one attached hydrogen (secondary N) is 2. The Hall–Kier alpha value is -2.07. The number of para-hydroxylation sites is 1. The van der Waals surface area contributed by atoms with Gasteiger partial charge in [0.2, 0.25) is 0 Å². The highest BCUT2D eigenvalue weighted by Crippen LogP contribution is 2.19. The lowest BCUT2D eigenvalue weighted by atomic mass is 10.1. The average molecular weight is 293 g/mol. The number of hydrazine groups is 1. The van der Waals surface area contributed by atoms with Crippen molar-refractivity contribution in [2.24, 2.45) is 0 Å². The zero-order valence-corrected chi connectivity index (χ0v) is 11.7. The van der Waals surface area contributed by atoms with E-state index in [-0.39, 0.29) is 10.6 Å². The molecule has 0 aliphatic heterocycles. The van der Waals surface area contributed by atoms with Crippen LogP contribution in [0.4, 0.5) is 10.1 Å². The minimum Gasteiger partial charge on any atom is -0.298 e. The third kappa shape index (κ3) is 3.08. The van der Waals surface area contributed by atoms with Crippen LogP contribution in [-0.2, 0) is 6.42 Å². The molecule has 0 aliphatic carbocycles. The van der Waals surface area contributed by atoms with Crippen molar-refractivity contribution in [1.29, 1.82) is 0 Å². The van der Waals surface area contributed by atoms with E-state index in [0.717, 1.165) is 17.7 Å². The standard InChI is InChI=1S/C15H14ClFN2O/c1-2-10-6-3-4-9-13(10)18-19-15(20)14-11(16)7-5-8-12(14)17/h3-9,18H,2H2,1H3,(H,19,20). The Morgan fingerprint density at radius 3 is 2.65 bits per heavy atom. The molecule has 0 aromatic heterocycles. The van der Waals surface area contributed by atoms with Crippen LogP contribution in [0.1, 0.15) is 22.8 Å². The summed E-state index contributed by atoms with van der Waals surface area (Å²) in [7, 11) is 0. The van der Waals surface area contributed by atoms with Gasteiger partial charge in [-0.3, -0.25) is 15.6 Å². The van der Waals surface area contributed by atoms with E-state index in [1.807, 2.05) is 31.2 Å². The molecule has 0 bridgehead atoms. The molecule has 0 aliphatic rings. The molecule has 0 atom stereocenters. The van der Waals surface area contributed by atoms with Gasteiger partial charge in [0, 0.05) is 0 Å². The highest BCUT2D eigenvalue weighted by Gasteiger charge is 2.15. The lowest BCUT2D eigenvalue weighted by molar-refractivity contribution is 0.0959. The molecule has 5 heteroatoms. The fraction of sp³-hybridized carbons (Fsp3) is 0.133. The van der Waals surface area contributed by atoms with Crippen molar-refractivity contribution in [3.05, 3.63) is 64.4 Å². The zero-order valence-electron chi connectivity index (χ0n) is 10.9. The van der Waals surface area contributed by atoms with Crippen LogP contribution in [0.25, 0.3) is 0 Å². The second kappa shape index (κ2) is 6.39. The quantitative estimate of drug-likeness (QED) is 0.842. The molecule has 2 aromatic carbocycles. The predicted octanol–water partition coefficient (Wildman–Crippen LogP) is 3.80. The average Bonchev–Trinajstić information content (AvgIpc) is 2.45. The van der Waals surface area contributed by atoms with E-state index in [1.54, 1.807) is 0 Å². The SMILES string of the molecule is CCc1ccccc1NNC(=O)c1c(F)cccc1Cl. The normalized spacial score (nSPS) is 10.2. The van der Waals surface area contributed by atoms with Gasteiger partial charge in [0.05, 0.1) is 16.3 Å². The molecule has 0 radical (unpaired) electrons. The number of hydrogen-bond donors (Lipinski definition) is 2. The number of carbonyl (C=O) groups is 1. The number of benzene rings is 2. The van der Waals surface area contributed by atoms with Gasteiger partial charge in [0.25, 0.3) is 5.91 Å². The van der Waals surface area contributed by atoms with Crippen molar-refractivity contribution in [1.82, 2.24) is 5.43 Å². The summed E-state index contributed by atoms with van der Waals surface area (Å²) in [6.07, 6.45) is 0.819. The first-order valence-electron chi connectivity index (χ1n) is 6.21. The molecule has 0 fully saturated rings. The lowest BCUT2D eigenvalue weighted by Crippen LogP contribution is -2.30. The Morgan fingerprint density at radius 1 is 1.20 bits per heavy atom. The summed E-state index contributed by atoms with van der Waals surface area (Å²) in [6, 6.07) is 11.7. The molecule has 0 saturated heterocycles. The molecule has 2 N–H and O–H groups in total. The summed E-state index contributed by atoms with van der Waals surface area (Å²) in [5, 5.41) is 0.0769. The number of anilines is 1. The van der Waals surface area contributed by atoms with E-state index in [4.69, 9.17) is 11.6 Å². The van der Waals surface area contributed by atoms with E-state index in [1.165, 1.54) is 18.2 Å². The van der Waals surface area contributed by atoms with Crippen LogP contribution in [0, 0.1) is 5.82 Å². The van der Waals surface area contributed by atoms with Crippen molar-refractivity contribution >= 4 is 23.2 Å². The zero-order chi connectivity index (χ0) is 14.5. The maximum atomic E-state index is 13.6. The fourth-order valence-corrected chi connectivity index (χ4v) is 2.10. The smallest absolute Gasteiger partial charge is 0.274 e. The number of halogens is 2. The Labute approximate surface area is 121 Å². The number of hydrogen-bond acceptors (Lipinski definition) is 2. The highest BCUT2D eigenvalue weighted by molar-refractivity contribution is 6.33. The van der Waals surface area contributed by atoms with Crippen LogP contribution in [0.15, 0.2) is 42.5 Å². The number of rotatable bonds is 4. The molecule has 2 aromatic rings. The Morgan fingerprint density at radius 2 is 1.95 bits per heavy atom. The third-order valence-corrected chi connectivity index (χ3v) is 3.21. The molecular formula is C15H14ClFN2O. The number of aryl methyl sites for hydroxylation is 1. The lowest BCUT2D eigenvalue weighted by Gasteiger charge is -2.12. The minimum absolute atomic E-state index is 0.0769. The first kappa shape index (κ1) is 14.3. The summed E-state index contributed by atoms with van der Waals surface area (Å²) < 4.78 is 13.6. The van der Waals surface area contributed by atoms with Gasteiger partial charge in [-0.1, -0.05) is 42.8 Å². The fourth-order valence-electron chi connectivity index (χ4n) is 1.85. The van der Waals surface area contributed by atoms with Gasteiger partial charge in [0.1, 0.15) is 5.82 Å². The Bertz CT molecular complexity index is 611. The van der Waals surface area contributed by atoms with Gasteiger partial charge < -0.3 is 0 Å². The van der Waals surface area contributed by atoms with Crippen LogP contribution in [-0.4, -0.2) is 5.91 Å². The van der Waals surface area contributed by atoms with Gasteiger partial charge in [0.15, 0.2) is 0 Å². The second-order valence-electron chi connectivity index (χ2n) is 4.19. The maximum Gasteiger partial charge on any atom is 0.274 e. The van der Waals surface area contributed by atoms with Crippen LogP contribution >= 0.6 is 11.6 Å². The van der Waals surface area contributed by atoms with Crippen LogP contribution in [0.5, 0.6) is 0 Å².